The molecule has 6 nitrogen and oxygen atoms in total. The Morgan fingerprint density at radius 2 is 1.84 bits per heavy atom. The lowest BCUT2D eigenvalue weighted by molar-refractivity contribution is -0.110. The highest BCUT2D eigenvalue weighted by molar-refractivity contribution is 7.97. The lowest BCUT2D eigenvalue weighted by Gasteiger charge is -2.33. The number of aromatic carboxylic acids is 1. The molecule has 1 amide bonds. The number of nitrogens with one attached hydrogen (secondary N) is 1. The predicted octanol–water partition coefficient (Wildman–Crippen LogP) is 5.07. The maximum atomic E-state index is 13.8. The first kappa shape index (κ1) is 26.0. The summed E-state index contributed by atoms with van der Waals surface area (Å²) in [6, 6.07) is 13.4. The number of ether oxygens (including phenoxy) is 1. The number of amides is 1. The molecule has 0 aliphatic carbocycles. The van der Waals surface area contributed by atoms with E-state index in [1.807, 2.05) is 49.3 Å². The number of carboxylic acids is 1. The second-order valence-electron chi connectivity index (χ2n) is 8.17. The summed E-state index contributed by atoms with van der Waals surface area (Å²) in [4.78, 5) is 21.9. The molecular weight excluding hydrogens is 455 g/mol. The van der Waals surface area contributed by atoms with Crippen LogP contribution in [0.3, 0.4) is 0 Å². The minimum Gasteiger partial charge on any atom is -0.488 e. The second kappa shape index (κ2) is 12.1. The van der Waals surface area contributed by atoms with Crippen LogP contribution in [0.15, 0.2) is 53.4 Å². The van der Waals surface area contributed by atoms with Crippen molar-refractivity contribution < 1.29 is 23.8 Å². The lowest BCUT2D eigenvalue weighted by Crippen LogP contribution is -2.48. The van der Waals surface area contributed by atoms with Crippen molar-refractivity contribution in [1.29, 1.82) is 0 Å². The number of nitrogens with zero attached hydrogens (tertiary/aromatic N) is 1. The molecule has 0 radical (unpaired) electrons. The first-order valence-electron chi connectivity index (χ1n) is 10.1. The molecule has 0 aromatic heterocycles. The van der Waals surface area contributed by atoms with Gasteiger partial charge in [0.25, 0.3) is 0 Å². The van der Waals surface area contributed by atoms with E-state index in [0.29, 0.717) is 19.4 Å². The average molecular weight is 483 g/mol. The number of benzene rings is 2. The molecule has 0 saturated carbocycles. The smallest absolute Gasteiger partial charge is 0.335 e. The van der Waals surface area contributed by atoms with Crippen LogP contribution in [-0.2, 0) is 4.79 Å². The Balaban J connectivity index is 0.000000258. The fourth-order valence-corrected chi connectivity index (χ4v) is 3.99. The van der Waals surface area contributed by atoms with E-state index in [-0.39, 0.29) is 17.7 Å². The largest absolute Gasteiger partial charge is 0.488 e. The SMILES string of the molecule is CC(C)(C)Oc1ccc(Cl)cc1.O=CNC1CCN(Sc2ccc(C(=O)O)cc2)CC1F. The van der Waals surface area contributed by atoms with Gasteiger partial charge in [-0.05, 0) is 87.7 Å². The van der Waals surface area contributed by atoms with Gasteiger partial charge in [0.1, 0.15) is 17.5 Å². The van der Waals surface area contributed by atoms with Gasteiger partial charge in [-0.2, -0.15) is 0 Å². The normalized spacial score (nSPS) is 18.8. The van der Waals surface area contributed by atoms with Gasteiger partial charge in [0.05, 0.1) is 11.6 Å². The third-order valence-corrected chi connectivity index (χ3v) is 5.68. The van der Waals surface area contributed by atoms with E-state index in [1.54, 1.807) is 12.1 Å². The number of carbonyl (C=O) groups is 2. The van der Waals surface area contributed by atoms with Crippen molar-refractivity contribution in [1.82, 2.24) is 9.62 Å². The van der Waals surface area contributed by atoms with Crippen LogP contribution in [0.5, 0.6) is 5.75 Å². The number of piperidine rings is 1. The molecule has 1 aliphatic rings. The Hall–Kier alpha value is -2.29. The maximum Gasteiger partial charge on any atom is 0.335 e. The van der Waals surface area contributed by atoms with Crippen LogP contribution in [0, 0.1) is 0 Å². The van der Waals surface area contributed by atoms with Crippen molar-refractivity contribution in [2.24, 2.45) is 0 Å². The van der Waals surface area contributed by atoms with Crippen LogP contribution in [0.1, 0.15) is 37.6 Å². The van der Waals surface area contributed by atoms with Crippen molar-refractivity contribution in [2.45, 2.75) is 49.9 Å². The molecule has 9 heteroatoms. The quantitative estimate of drug-likeness (QED) is 0.442. The zero-order valence-electron chi connectivity index (χ0n) is 18.3. The Kier molecular flexibility index (Phi) is 9.81. The van der Waals surface area contributed by atoms with Gasteiger partial charge in [0.15, 0.2) is 0 Å². The molecule has 0 bridgehead atoms. The summed E-state index contributed by atoms with van der Waals surface area (Å²) in [5.74, 6) is -0.113. The van der Waals surface area contributed by atoms with Crippen molar-refractivity contribution in [3.05, 3.63) is 59.1 Å². The predicted molar refractivity (Wildman–Crippen MR) is 125 cm³/mol. The van der Waals surface area contributed by atoms with Crippen molar-refractivity contribution >= 4 is 35.9 Å². The van der Waals surface area contributed by atoms with Gasteiger partial charge >= 0.3 is 5.97 Å². The lowest BCUT2D eigenvalue weighted by atomic mass is 10.1. The molecule has 2 atom stereocenters. The maximum absolute atomic E-state index is 13.8. The zero-order chi connectivity index (χ0) is 23.7. The summed E-state index contributed by atoms with van der Waals surface area (Å²) < 4.78 is 21.3. The van der Waals surface area contributed by atoms with Gasteiger partial charge in [-0.25, -0.2) is 13.5 Å². The zero-order valence-corrected chi connectivity index (χ0v) is 19.8. The van der Waals surface area contributed by atoms with Gasteiger partial charge in [0.2, 0.25) is 6.41 Å². The van der Waals surface area contributed by atoms with Crippen molar-refractivity contribution in [3.8, 4) is 5.75 Å². The van der Waals surface area contributed by atoms with Crippen molar-refractivity contribution in [3.63, 3.8) is 0 Å². The number of alkyl halides is 1. The number of carboxylic acid groups (broad SMARTS) is 1. The van der Waals surface area contributed by atoms with Gasteiger partial charge in [-0.3, -0.25) is 4.79 Å². The minimum atomic E-state index is -1.10. The standard InChI is InChI=1S/C13H15FN2O3S.C10H13ClO/c14-11-7-16(6-5-12(11)15-8-17)20-10-3-1-9(2-4-10)13(18)19;1-10(2,3)12-9-6-4-8(11)5-7-9/h1-4,8,11-12H,5-7H2,(H,15,17)(H,18,19);4-7H,1-3H3. The molecule has 2 N–H and O–H groups in total. The number of hydrogen-bond donors (Lipinski definition) is 2. The average Bonchev–Trinajstić information content (AvgIpc) is 2.72. The number of hydrogen-bond acceptors (Lipinski definition) is 5. The van der Waals surface area contributed by atoms with E-state index < -0.39 is 18.2 Å². The molecule has 2 aromatic carbocycles. The van der Waals surface area contributed by atoms with Gasteiger partial charge < -0.3 is 15.2 Å². The Morgan fingerprint density at radius 1 is 1.22 bits per heavy atom. The molecule has 2 unspecified atom stereocenters. The monoisotopic (exact) mass is 482 g/mol. The van der Waals surface area contributed by atoms with E-state index in [1.165, 1.54) is 24.1 Å². The molecule has 1 saturated heterocycles. The van der Waals surface area contributed by atoms with Gasteiger partial charge in [-0.15, -0.1) is 0 Å². The first-order chi connectivity index (χ1) is 15.1. The Labute approximate surface area is 197 Å². The molecule has 1 heterocycles. The molecule has 2 aromatic rings. The molecule has 1 fully saturated rings. The van der Waals surface area contributed by atoms with E-state index in [2.05, 4.69) is 5.32 Å². The molecular formula is C23H28ClFN2O4S. The van der Waals surface area contributed by atoms with Crippen LogP contribution in [0.25, 0.3) is 0 Å². The second-order valence-corrected chi connectivity index (χ2v) is 9.78. The fourth-order valence-electron chi connectivity index (χ4n) is 2.90. The van der Waals surface area contributed by atoms with Crippen LogP contribution in [-0.4, -0.2) is 52.7 Å². The molecule has 174 valence electrons. The van der Waals surface area contributed by atoms with E-state index in [4.69, 9.17) is 21.4 Å². The molecule has 0 spiro atoms. The van der Waals surface area contributed by atoms with Gasteiger partial charge in [0, 0.05) is 23.0 Å². The highest BCUT2D eigenvalue weighted by Crippen LogP contribution is 2.27. The fraction of sp³-hybridized carbons (Fsp3) is 0.391. The van der Waals surface area contributed by atoms with Crippen LogP contribution < -0.4 is 10.1 Å². The van der Waals surface area contributed by atoms with Crippen LogP contribution >= 0.6 is 23.5 Å². The summed E-state index contributed by atoms with van der Waals surface area (Å²) in [6.07, 6.45) is -0.00937. The number of carbonyl (C=O) groups excluding carboxylic acids is 1. The van der Waals surface area contributed by atoms with Crippen molar-refractivity contribution in [2.75, 3.05) is 13.1 Å². The molecule has 32 heavy (non-hydrogen) atoms. The minimum absolute atomic E-state index is 0.145. The molecule has 1 aliphatic heterocycles. The summed E-state index contributed by atoms with van der Waals surface area (Å²) in [6.45, 7) is 6.94. The summed E-state index contributed by atoms with van der Waals surface area (Å²) in [7, 11) is 0. The van der Waals surface area contributed by atoms with Crippen LogP contribution in [0.2, 0.25) is 5.02 Å². The van der Waals surface area contributed by atoms with E-state index >= 15 is 0 Å². The summed E-state index contributed by atoms with van der Waals surface area (Å²) in [5, 5.41) is 12.0. The Morgan fingerprint density at radius 3 is 2.34 bits per heavy atom. The topological polar surface area (TPSA) is 78.9 Å². The summed E-state index contributed by atoms with van der Waals surface area (Å²) in [5.41, 5.74) is 0.0833. The highest BCUT2D eigenvalue weighted by Gasteiger charge is 2.29. The highest BCUT2D eigenvalue weighted by atomic mass is 35.5. The number of halogens is 2. The molecule has 3 rings (SSSR count). The first-order valence-corrected chi connectivity index (χ1v) is 11.3. The van der Waals surface area contributed by atoms with Crippen LogP contribution in [0.4, 0.5) is 4.39 Å². The third-order valence-electron chi connectivity index (χ3n) is 4.36. The van der Waals surface area contributed by atoms with Gasteiger partial charge in [-0.1, -0.05) is 11.6 Å². The summed E-state index contributed by atoms with van der Waals surface area (Å²) >= 11 is 7.12. The third kappa shape index (κ3) is 9.06. The van der Waals surface area contributed by atoms with E-state index in [0.717, 1.165) is 15.7 Å². The number of rotatable bonds is 6. The van der Waals surface area contributed by atoms with E-state index in [9.17, 15) is 14.0 Å². The Bertz CT molecular complexity index is 875.